The van der Waals surface area contributed by atoms with Crippen molar-refractivity contribution in [1.29, 1.82) is 0 Å². The zero-order valence-corrected chi connectivity index (χ0v) is 23.9. The molecule has 0 bridgehead atoms. The lowest BCUT2D eigenvalue weighted by molar-refractivity contribution is -0.124. The molecule has 5 aromatic rings. The van der Waals surface area contributed by atoms with Gasteiger partial charge >= 0.3 is 5.97 Å². The van der Waals surface area contributed by atoms with Gasteiger partial charge in [-0.1, -0.05) is 25.1 Å². The average Bonchev–Trinajstić information content (AvgIpc) is 3.03. The number of anilines is 1. The van der Waals surface area contributed by atoms with E-state index in [1.54, 1.807) is 39.3 Å². The number of methoxy groups -OCH3 is 2. The summed E-state index contributed by atoms with van der Waals surface area (Å²) in [6, 6.07) is 27.6. The summed E-state index contributed by atoms with van der Waals surface area (Å²) in [6.07, 6.45) is -0.630. The van der Waals surface area contributed by atoms with E-state index < -0.39 is 12.1 Å². The second-order valence-corrected chi connectivity index (χ2v) is 9.69. The van der Waals surface area contributed by atoms with E-state index in [-0.39, 0.29) is 11.5 Å². The van der Waals surface area contributed by atoms with Crippen molar-refractivity contribution in [3.63, 3.8) is 0 Å². The topological polar surface area (TPSA) is 99.6 Å². The number of nitrogens with one attached hydrogen (secondary N) is 1. The number of hydrogen-bond acceptors (Lipinski definition) is 7. The van der Waals surface area contributed by atoms with Crippen LogP contribution in [-0.4, -0.2) is 42.2 Å². The zero-order valence-electron chi connectivity index (χ0n) is 23.9. The molecular weight excluding hydrogens is 530 g/mol. The summed E-state index contributed by atoms with van der Waals surface area (Å²) >= 11 is 0. The van der Waals surface area contributed by atoms with E-state index >= 15 is 0 Å². The van der Waals surface area contributed by atoms with Crippen LogP contribution < -0.4 is 14.8 Å². The normalized spacial score (nSPS) is 11.5. The molecule has 0 aliphatic rings. The highest BCUT2D eigenvalue weighted by molar-refractivity contribution is 5.99. The smallest absolute Gasteiger partial charge is 0.338 e. The van der Waals surface area contributed by atoms with Crippen LogP contribution in [0, 0.1) is 6.92 Å². The van der Waals surface area contributed by atoms with Crippen LogP contribution >= 0.6 is 0 Å². The molecule has 8 nitrogen and oxygen atoms in total. The van der Waals surface area contributed by atoms with Crippen LogP contribution in [0.25, 0.3) is 33.5 Å². The van der Waals surface area contributed by atoms with Crippen LogP contribution in [-0.2, 0) is 9.53 Å². The lowest BCUT2D eigenvalue weighted by Crippen LogP contribution is -2.32. The number of rotatable bonds is 9. The van der Waals surface area contributed by atoms with Crippen molar-refractivity contribution in [2.24, 2.45) is 0 Å². The molecule has 8 heteroatoms. The van der Waals surface area contributed by atoms with Gasteiger partial charge in [0.25, 0.3) is 5.91 Å². The fourth-order valence-corrected chi connectivity index (χ4v) is 4.53. The quantitative estimate of drug-likeness (QED) is 0.196. The molecule has 1 amide bonds. The summed E-state index contributed by atoms with van der Waals surface area (Å²) in [5.41, 5.74) is 6.03. The third-order valence-electron chi connectivity index (χ3n) is 6.94. The van der Waals surface area contributed by atoms with Crippen molar-refractivity contribution in [1.82, 2.24) is 9.97 Å². The van der Waals surface area contributed by atoms with Crippen LogP contribution in [0.5, 0.6) is 11.5 Å². The summed E-state index contributed by atoms with van der Waals surface area (Å²) < 4.78 is 16.3. The first-order valence-corrected chi connectivity index (χ1v) is 13.6. The van der Waals surface area contributed by atoms with Gasteiger partial charge < -0.3 is 19.5 Å². The summed E-state index contributed by atoms with van der Waals surface area (Å²) in [6.45, 7) is 3.70. The second-order valence-electron chi connectivity index (χ2n) is 9.69. The van der Waals surface area contributed by atoms with Crippen molar-refractivity contribution in [2.45, 2.75) is 26.4 Å². The predicted octanol–water partition coefficient (Wildman–Crippen LogP) is 6.86. The first-order valence-electron chi connectivity index (χ1n) is 13.6. The number of nitrogens with zero attached hydrogens (tertiary/aromatic N) is 2. The third kappa shape index (κ3) is 6.07. The molecule has 0 radical (unpaired) electrons. The van der Waals surface area contributed by atoms with Crippen LogP contribution in [0.4, 0.5) is 5.69 Å². The maximum absolute atomic E-state index is 13.2. The monoisotopic (exact) mass is 561 g/mol. The number of esters is 1. The van der Waals surface area contributed by atoms with Gasteiger partial charge in [0.15, 0.2) is 6.10 Å². The second kappa shape index (κ2) is 12.5. The fourth-order valence-electron chi connectivity index (χ4n) is 4.53. The molecule has 4 aromatic carbocycles. The number of carbonyl (C=O) groups excluding carboxylic acids is 2. The van der Waals surface area contributed by atoms with Gasteiger partial charge in [0.05, 0.1) is 42.2 Å². The van der Waals surface area contributed by atoms with Crippen LogP contribution in [0.3, 0.4) is 0 Å². The molecule has 1 heterocycles. The number of carbonyl (C=O) groups is 2. The van der Waals surface area contributed by atoms with Crippen molar-refractivity contribution in [2.75, 3.05) is 19.5 Å². The Labute approximate surface area is 244 Å². The first-order chi connectivity index (χ1) is 20.4. The molecule has 0 saturated heterocycles. The van der Waals surface area contributed by atoms with E-state index in [0.29, 0.717) is 34.5 Å². The molecule has 42 heavy (non-hydrogen) atoms. The van der Waals surface area contributed by atoms with Gasteiger partial charge in [-0.3, -0.25) is 4.79 Å². The van der Waals surface area contributed by atoms with Gasteiger partial charge in [0.1, 0.15) is 11.5 Å². The van der Waals surface area contributed by atoms with E-state index in [0.717, 1.165) is 28.2 Å². The van der Waals surface area contributed by atoms with Gasteiger partial charge in [-0.05, 0) is 91.7 Å². The molecule has 0 aliphatic heterocycles. The molecule has 0 spiro atoms. The van der Waals surface area contributed by atoms with Crippen molar-refractivity contribution in [3.05, 3.63) is 102 Å². The van der Waals surface area contributed by atoms with Gasteiger partial charge in [-0.25, -0.2) is 14.8 Å². The van der Waals surface area contributed by atoms with Gasteiger partial charge in [0.2, 0.25) is 0 Å². The number of aromatic nitrogens is 2. The number of hydrogen-bond donors (Lipinski definition) is 1. The van der Waals surface area contributed by atoms with Crippen molar-refractivity contribution < 1.29 is 23.8 Å². The number of aryl methyl sites for hydroxylation is 1. The molecule has 1 N–H and O–H groups in total. The standard InChI is InChI=1S/C34H31N3O5/c1-5-30(33(38)37-27-9-7-6-8-21(27)2)42-34(39)24-14-19-28-29(20-24)36-32(23-12-17-26(41-4)18-13-23)31(35-28)22-10-15-25(40-3)16-11-22/h6-20,30H,5H2,1-4H3,(H,37,38). The van der Waals surface area contributed by atoms with Crippen LogP contribution in [0.1, 0.15) is 29.3 Å². The molecule has 212 valence electrons. The number of para-hydroxylation sites is 1. The molecule has 0 fully saturated rings. The summed E-state index contributed by atoms with van der Waals surface area (Å²) in [7, 11) is 3.24. The maximum atomic E-state index is 13.2. The molecule has 0 saturated carbocycles. The third-order valence-corrected chi connectivity index (χ3v) is 6.94. The SMILES string of the molecule is CCC(OC(=O)c1ccc2nc(-c3ccc(OC)cc3)c(-c3ccc(OC)cc3)nc2c1)C(=O)Nc1ccccc1C. The van der Waals surface area contributed by atoms with Crippen LogP contribution in [0.2, 0.25) is 0 Å². The Bertz CT molecular complexity index is 1730. The molecule has 1 atom stereocenters. The Morgan fingerprint density at radius 2 is 1.33 bits per heavy atom. The average molecular weight is 562 g/mol. The highest BCUT2D eigenvalue weighted by Crippen LogP contribution is 2.33. The Balaban J connectivity index is 1.47. The van der Waals surface area contributed by atoms with Gasteiger partial charge in [-0.2, -0.15) is 0 Å². The summed E-state index contributed by atoms with van der Waals surface area (Å²) in [5, 5.41) is 2.86. The van der Waals surface area contributed by atoms with Crippen LogP contribution in [0.15, 0.2) is 91.0 Å². The van der Waals surface area contributed by atoms with Gasteiger partial charge in [0, 0.05) is 16.8 Å². The molecule has 5 rings (SSSR count). The number of ether oxygens (including phenoxy) is 3. The lowest BCUT2D eigenvalue weighted by atomic mass is 10.0. The minimum absolute atomic E-state index is 0.275. The van der Waals surface area contributed by atoms with E-state index in [1.165, 1.54) is 0 Å². The maximum Gasteiger partial charge on any atom is 0.338 e. The fraction of sp³-hybridized carbons (Fsp3) is 0.176. The van der Waals surface area contributed by atoms with E-state index in [9.17, 15) is 9.59 Å². The van der Waals surface area contributed by atoms with E-state index in [2.05, 4.69) is 5.32 Å². The molecule has 1 unspecified atom stereocenters. The van der Waals surface area contributed by atoms with Gasteiger partial charge in [-0.15, -0.1) is 0 Å². The van der Waals surface area contributed by atoms with E-state index in [1.807, 2.05) is 79.7 Å². The highest BCUT2D eigenvalue weighted by Gasteiger charge is 2.23. The molecule has 1 aromatic heterocycles. The number of benzene rings is 4. The lowest BCUT2D eigenvalue weighted by Gasteiger charge is -2.17. The highest BCUT2D eigenvalue weighted by atomic mass is 16.5. The van der Waals surface area contributed by atoms with Crippen molar-refractivity contribution >= 4 is 28.6 Å². The first kappa shape index (κ1) is 28.3. The molecule has 0 aliphatic carbocycles. The minimum Gasteiger partial charge on any atom is -0.497 e. The number of amides is 1. The minimum atomic E-state index is -0.953. The zero-order chi connectivity index (χ0) is 29.6. The van der Waals surface area contributed by atoms with E-state index in [4.69, 9.17) is 24.2 Å². The Morgan fingerprint density at radius 3 is 1.88 bits per heavy atom. The largest absolute Gasteiger partial charge is 0.497 e. The summed E-state index contributed by atoms with van der Waals surface area (Å²) in [4.78, 5) is 36.0. The number of fused-ring (bicyclic) bond motifs is 1. The Hall–Kier alpha value is -5.24. The predicted molar refractivity (Wildman–Crippen MR) is 163 cm³/mol. The molecular formula is C34H31N3O5. The van der Waals surface area contributed by atoms with Crippen molar-refractivity contribution in [3.8, 4) is 34.0 Å². The Morgan fingerprint density at radius 1 is 0.762 bits per heavy atom. The Kier molecular flexibility index (Phi) is 8.43. The summed E-state index contributed by atoms with van der Waals surface area (Å²) in [5.74, 6) is 0.461.